The summed E-state index contributed by atoms with van der Waals surface area (Å²) in [5, 5.41) is 4.52. The van der Waals surface area contributed by atoms with Crippen molar-refractivity contribution < 1.29 is 23.5 Å². The molecular formula is C17H15NO5. The normalized spacial score (nSPS) is 10.7. The smallest absolute Gasteiger partial charge is 0.303 e. The maximum absolute atomic E-state index is 11.8. The first kappa shape index (κ1) is 14.9. The zero-order chi connectivity index (χ0) is 16.4. The highest BCUT2D eigenvalue weighted by atomic mass is 16.5. The van der Waals surface area contributed by atoms with Gasteiger partial charge in [0.15, 0.2) is 6.61 Å². The van der Waals surface area contributed by atoms with Crippen LogP contribution in [0.25, 0.3) is 21.9 Å². The minimum absolute atomic E-state index is 0.351. The Morgan fingerprint density at radius 2 is 1.91 bits per heavy atom. The maximum Gasteiger partial charge on any atom is 0.303 e. The zero-order valence-corrected chi connectivity index (χ0v) is 12.7. The lowest BCUT2D eigenvalue weighted by molar-refractivity contribution is -0.144. The van der Waals surface area contributed by atoms with Crippen LogP contribution in [0.3, 0.4) is 0 Å². The number of anilines is 1. The van der Waals surface area contributed by atoms with E-state index >= 15 is 0 Å². The molecule has 0 aliphatic rings. The largest absolute Gasteiger partial charge is 0.495 e. The lowest BCUT2D eigenvalue weighted by Gasteiger charge is -2.10. The molecule has 23 heavy (non-hydrogen) atoms. The molecule has 0 unspecified atom stereocenters. The number of furan rings is 1. The number of amides is 1. The first-order valence-electron chi connectivity index (χ1n) is 7.01. The molecule has 0 spiro atoms. The lowest BCUT2D eigenvalue weighted by atomic mass is 10.1. The summed E-state index contributed by atoms with van der Waals surface area (Å²) in [4.78, 5) is 22.6. The fourth-order valence-corrected chi connectivity index (χ4v) is 2.37. The molecule has 1 N–H and O–H groups in total. The van der Waals surface area contributed by atoms with Gasteiger partial charge in [-0.3, -0.25) is 9.59 Å². The Kier molecular flexibility index (Phi) is 3.89. The Balaban J connectivity index is 1.98. The van der Waals surface area contributed by atoms with Gasteiger partial charge in [-0.15, -0.1) is 0 Å². The third kappa shape index (κ3) is 2.96. The van der Waals surface area contributed by atoms with Gasteiger partial charge in [0.2, 0.25) is 0 Å². The first-order chi connectivity index (χ1) is 11.1. The Hall–Kier alpha value is -3.02. The van der Waals surface area contributed by atoms with E-state index < -0.39 is 11.9 Å². The number of carbonyl (C=O) groups excluding carboxylic acids is 2. The van der Waals surface area contributed by atoms with Crippen LogP contribution in [0.1, 0.15) is 6.92 Å². The average molecular weight is 313 g/mol. The van der Waals surface area contributed by atoms with Crippen LogP contribution in [0.5, 0.6) is 5.75 Å². The summed E-state index contributed by atoms with van der Waals surface area (Å²) < 4.78 is 15.8. The molecule has 118 valence electrons. The van der Waals surface area contributed by atoms with E-state index in [1.165, 1.54) is 14.0 Å². The summed E-state index contributed by atoms with van der Waals surface area (Å²) in [5.74, 6) is -0.464. The Morgan fingerprint density at radius 3 is 2.65 bits per heavy atom. The topological polar surface area (TPSA) is 77.8 Å². The van der Waals surface area contributed by atoms with Gasteiger partial charge < -0.3 is 19.2 Å². The number of benzene rings is 2. The van der Waals surface area contributed by atoms with Crippen molar-refractivity contribution in [1.82, 2.24) is 0 Å². The van der Waals surface area contributed by atoms with Crippen molar-refractivity contribution in [2.45, 2.75) is 6.92 Å². The fraction of sp³-hybridized carbons (Fsp3) is 0.176. The van der Waals surface area contributed by atoms with Crippen molar-refractivity contribution >= 4 is 39.5 Å². The number of rotatable bonds is 4. The third-order valence-electron chi connectivity index (χ3n) is 3.38. The molecule has 0 saturated carbocycles. The molecule has 0 aliphatic heterocycles. The summed E-state index contributed by atoms with van der Waals surface area (Å²) in [6.45, 7) is 0.894. The van der Waals surface area contributed by atoms with E-state index in [0.29, 0.717) is 17.0 Å². The average Bonchev–Trinajstić information content (AvgIpc) is 2.89. The lowest BCUT2D eigenvalue weighted by Crippen LogP contribution is -2.20. The van der Waals surface area contributed by atoms with Gasteiger partial charge >= 0.3 is 5.97 Å². The highest BCUT2D eigenvalue weighted by Crippen LogP contribution is 2.36. The van der Waals surface area contributed by atoms with Crippen molar-refractivity contribution in [1.29, 1.82) is 0 Å². The Labute approximate surface area is 132 Å². The van der Waals surface area contributed by atoms with Crippen LogP contribution >= 0.6 is 0 Å². The molecule has 1 heterocycles. The molecule has 6 heteroatoms. The minimum Gasteiger partial charge on any atom is -0.495 e. The molecule has 0 radical (unpaired) electrons. The number of nitrogens with one attached hydrogen (secondary N) is 1. The minimum atomic E-state index is -0.514. The molecule has 3 aromatic rings. The molecule has 3 rings (SSSR count). The van der Waals surface area contributed by atoms with Crippen LogP contribution in [0.2, 0.25) is 0 Å². The number of carbonyl (C=O) groups is 2. The van der Waals surface area contributed by atoms with Crippen LogP contribution in [-0.4, -0.2) is 25.6 Å². The van der Waals surface area contributed by atoms with E-state index in [0.717, 1.165) is 16.4 Å². The zero-order valence-electron chi connectivity index (χ0n) is 12.7. The molecular weight excluding hydrogens is 298 g/mol. The Bertz CT molecular complexity index is 897. The standard InChI is InChI=1S/C17H15NO5/c1-10(19)22-9-17(20)18-13-8-15-12(7-16(13)21-2)11-5-3-4-6-14(11)23-15/h3-8H,9H2,1-2H3,(H,18,20). The third-order valence-corrected chi connectivity index (χ3v) is 3.38. The second kappa shape index (κ2) is 6.00. The molecule has 1 amide bonds. The van der Waals surface area contributed by atoms with Crippen molar-refractivity contribution in [2.75, 3.05) is 19.0 Å². The molecule has 0 saturated heterocycles. The van der Waals surface area contributed by atoms with Gasteiger partial charge in [0.25, 0.3) is 5.91 Å². The van der Waals surface area contributed by atoms with Gasteiger partial charge in [-0.05, 0) is 12.1 Å². The molecule has 6 nitrogen and oxygen atoms in total. The SMILES string of the molecule is COc1cc2c(cc1NC(=O)COC(C)=O)oc1ccccc12. The van der Waals surface area contributed by atoms with Crippen LogP contribution < -0.4 is 10.1 Å². The number of hydrogen-bond donors (Lipinski definition) is 1. The van der Waals surface area contributed by atoms with Gasteiger partial charge in [0, 0.05) is 23.8 Å². The molecule has 1 aromatic heterocycles. The Morgan fingerprint density at radius 1 is 1.13 bits per heavy atom. The summed E-state index contributed by atoms with van der Waals surface area (Å²) in [5.41, 5.74) is 1.85. The maximum atomic E-state index is 11.8. The molecule has 0 fully saturated rings. The second-order valence-corrected chi connectivity index (χ2v) is 4.98. The predicted octanol–water partition coefficient (Wildman–Crippen LogP) is 3.10. The fourth-order valence-electron chi connectivity index (χ4n) is 2.37. The number of esters is 1. The quantitative estimate of drug-likeness (QED) is 0.749. The number of fused-ring (bicyclic) bond motifs is 3. The van der Waals surface area contributed by atoms with Crippen LogP contribution in [-0.2, 0) is 14.3 Å². The number of methoxy groups -OCH3 is 1. The van der Waals surface area contributed by atoms with E-state index in [1.54, 1.807) is 6.07 Å². The number of para-hydroxylation sites is 1. The highest BCUT2D eigenvalue weighted by Gasteiger charge is 2.14. The predicted molar refractivity (Wildman–Crippen MR) is 85.5 cm³/mol. The monoisotopic (exact) mass is 313 g/mol. The van der Waals surface area contributed by atoms with E-state index in [1.807, 2.05) is 30.3 Å². The summed E-state index contributed by atoms with van der Waals surface area (Å²) >= 11 is 0. The number of ether oxygens (including phenoxy) is 2. The first-order valence-corrected chi connectivity index (χ1v) is 7.01. The van der Waals surface area contributed by atoms with E-state index in [-0.39, 0.29) is 6.61 Å². The summed E-state index contributed by atoms with van der Waals surface area (Å²) in [6.07, 6.45) is 0. The van der Waals surface area contributed by atoms with Crippen LogP contribution in [0, 0.1) is 0 Å². The number of hydrogen-bond acceptors (Lipinski definition) is 5. The summed E-state index contributed by atoms with van der Waals surface area (Å²) in [6, 6.07) is 11.2. The van der Waals surface area contributed by atoms with Gasteiger partial charge in [-0.25, -0.2) is 0 Å². The van der Waals surface area contributed by atoms with Gasteiger partial charge in [0.1, 0.15) is 16.9 Å². The van der Waals surface area contributed by atoms with Crippen LogP contribution in [0.4, 0.5) is 5.69 Å². The van der Waals surface area contributed by atoms with E-state index in [9.17, 15) is 9.59 Å². The molecule has 2 aromatic carbocycles. The van der Waals surface area contributed by atoms with E-state index in [4.69, 9.17) is 9.15 Å². The van der Waals surface area contributed by atoms with Crippen molar-refractivity contribution in [2.24, 2.45) is 0 Å². The van der Waals surface area contributed by atoms with Gasteiger partial charge in [-0.2, -0.15) is 0 Å². The van der Waals surface area contributed by atoms with Crippen LogP contribution in [0.15, 0.2) is 40.8 Å². The van der Waals surface area contributed by atoms with Gasteiger partial charge in [-0.1, -0.05) is 18.2 Å². The molecule has 0 aliphatic carbocycles. The molecule has 0 bridgehead atoms. The van der Waals surface area contributed by atoms with Crippen molar-refractivity contribution in [3.8, 4) is 5.75 Å². The molecule has 0 atom stereocenters. The highest BCUT2D eigenvalue weighted by molar-refractivity contribution is 6.07. The van der Waals surface area contributed by atoms with Gasteiger partial charge in [0.05, 0.1) is 12.8 Å². The summed E-state index contributed by atoms with van der Waals surface area (Å²) in [7, 11) is 1.52. The van der Waals surface area contributed by atoms with Crippen molar-refractivity contribution in [3.63, 3.8) is 0 Å². The second-order valence-electron chi connectivity index (χ2n) is 4.98. The van der Waals surface area contributed by atoms with E-state index in [2.05, 4.69) is 10.1 Å². The van der Waals surface area contributed by atoms with Crippen molar-refractivity contribution in [3.05, 3.63) is 36.4 Å².